The van der Waals surface area contributed by atoms with E-state index in [0.29, 0.717) is 32.1 Å². The average Bonchev–Trinajstić information content (AvgIpc) is 2.63. The Morgan fingerprint density at radius 3 is 2.33 bits per heavy atom. The van der Waals surface area contributed by atoms with E-state index in [-0.39, 0.29) is 5.95 Å². The van der Waals surface area contributed by atoms with Gasteiger partial charge in [0.25, 0.3) is 0 Å². The molecule has 0 fully saturated rings. The Morgan fingerprint density at radius 2 is 1.56 bits per heavy atom. The van der Waals surface area contributed by atoms with Gasteiger partial charge in [0.15, 0.2) is 0 Å². The van der Waals surface area contributed by atoms with Gasteiger partial charge in [-0.15, -0.1) is 0 Å². The number of halogens is 4. The summed E-state index contributed by atoms with van der Waals surface area (Å²) in [7, 11) is 0. The molecule has 0 saturated heterocycles. The van der Waals surface area contributed by atoms with Crippen LogP contribution in [-0.2, 0) is 0 Å². The fraction of sp³-hybridized carbons (Fsp3) is 0. The van der Waals surface area contributed by atoms with Crippen molar-refractivity contribution in [2.45, 2.75) is 0 Å². The Kier molecular flexibility index (Phi) is 4.95. The van der Waals surface area contributed by atoms with Crippen molar-refractivity contribution in [2.24, 2.45) is 0 Å². The minimum atomic E-state index is 0.124. The van der Waals surface area contributed by atoms with Crippen LogP contribution < -0.4 is 5.73 Å². The van der Waals surface area contributed by atoms with Crippen LogP contribution in [0.3, 0.4) is 0 Å². The predicted octanol–water partition coefficient (Wildman–Crippen LogP) is 6.66. The lowest BCUT2D eigenvalue weighted by Gasteiger charge is -2.09. The third kappa shape index (κ3) is 3.73. The first-order chi connectivity index (χ1) is 12.9. The van der Waals surface area contributed by atoms with Gasteiger partial charge in [-0.1, -0.05) is 56.8 Å². The first-order valence-corrected chi connectivity index (χ1v) is 9.69. The number of pyridine rings is 1. The predicted molar refractivity (Wildman–Crippen MR) is 115 cm³/mol. The molecule has 0 spiro atoms. The van der Waals surface area contributed by atoms with Gasteiger partial charge in [0.2, 0.25) is 5.95 Å². The summed E-state index contributed by atoms with van der Waals surface area (Å²) in [5, 5.41) is 2.17. The van der Waals surface area contributed by atoms with Gasteiger partial charge in [-0.05, 0) is 42.5 Å². The van der Waals surface area contributed by atoms with Crippen LogP contribution in [0, 0.1) is 0 Å². The SMILES string of the molecule is Nc1nc(-c2ccc(Cl)c(Cl)c2)cc(-c2cc3cc(Br)ccc3nc2Cl)n1. The number of aromatic nitrogens is 3. The Bertz CT molecular complexity index is 1200. The number of anilines is 1. The zero-order chi connectivity index (χ0) is 19.1. The number of fused-ring (bicyclic) bond motifs is 1. The van der Waals surface area contributed by atoms with Crippen LogP contribution in [0.25, 0.3) is 33.4 Å². The smallest absolute Gasteiger partial charge is 0.221 e. The van der Waals surface area contributed by atoms with Gasteiger partial charge < -0.3 is 5.73 Å². The van der Waals surface area contributed by atoms with E-state index in [2.05, 4.69) is 30.9 Å². The Morgan fingerprint density at radius 1 is 0.778 bits per heavy atom. The molecule has 134 valence electrons. The highest BCUT2D eigenvalue weighted by Crippen LogP contribution is 2.33. The number of nitrogen functional groups attached to an aromatic ring is 1. The van der Waals surface area contributed by atoms with Crippen LogP contribution >= 0.6 is 50.7 Å². The standard InChI is InChI=1S/C19H10BrCl3N4/c20-11-2-4-15-10(5-11)6-12(18(23)25-15)17-8-16(26-19(24)27-17)9-1-3-13(21)14(22)7-9/h1-8H,(H2,24,26,27). The normalized spacial score (nSPS) is 11.1. The van der Waals surface area contributed by atoms with Gasteiger partial charge in [0, 0.05) is 21.0 Å². The van der Waals surface area contributed by atoms with E-state index in [9.17, 15) is 0 Å². The number of hydrogen-bond donors (Lipinski definition) is 1. The van der Waals surface area contributed by atoms with Crippen molar-refractivity contribution in [1.29, 1.82) is 0 Å². The third-order valence-electron chi connectivity index (χ3n) is 3.97. The van der Waals surface area contributed by atoms with Crippen LogP contribution in [0.2, 0.25) is 15.2 Å². The van der Waals surface area contributed by atoms with E-state index < -0.39 is 0 Å². The second-order valence-electron chi connectivity index (χ2n) is 5.79. The maximum atomic E-state index is 6.41. The van der Waals surface area contributed by atoms with Crippen molar-refractivity contribution in [2.75, 3.05) is 5.73 Å². The van der Waals surface area contributed by atoms with Crippen LogP contribution in [0.15, 0.2) is 53.0 Å². The summed E-state index contributed by atoms with van der Waals surface area (Å²) < 4.78 is 0.948. The highest BCUT2D eigenvalue weighted by atomic mass is 79.9. The summed E-state index contributed by atoms with van der Waals surface area (Å²) in [6.07, 6.45) is 0. The number of rotatable bonds is 2. The molecule has 2 aromatic heterocycles. The highest BCUT2D eigenvalue weighted by molar-refractivity contribution is 9.10. The maximum Gasteiger partial charge on any atom is 0.221 e. The molecule has 27 heavy (non-hydrogen) atoms. The zero-order valence-corrected chi connectivity index (χ0v) is 17.4. The molecule has 0 unspecified atom stereocenters. The molecule has 0 radical (unpaired) electrons. The quantitative estimate of drug-likeness (QED) is 0.326. The topological polar surface area (TPSA) is 64.7 Å². The summed E-state index contributed by atoms with van der Waals surface area (Å²) in [5.74, 6) is 0.124. The van der Waals surface area contributed by atoms with Crippen LogP contribution in [0.1, 0.15) is 0 Å². The Hall–Kier alpha value is -1.92. The maximum absolute atomic E-state index is 6.41. The van der Waals surface area contributed by atoms with E-state index in [1.807, 2.05) is 30.3 Å². The minimum absolute atomic E-state index is 0.124. The molecule has 2 N–H and O–H groups in total. The summed E-state index contributed by atoms with van der Waals surface area (Å²) >= 11 is 22.0. The molecule has 4 aromatic rings. The second-order valence-corrected chi connectivity index (χ2v) is 7.88. The van der Waals surface area contributed by atoms with Crippen molar-refractivity contribution >= 4 is 67.6 Å². The average molecular weight is 481 g/mol. The molecule has 2 aromatic carbocycles. The highest BCUT2D eigenvalue weighted by Gasteiger charge is 2.13. The van der Waals surface area contributed by atoms with Crippen molar-refractivity contribution in [1.82, 2.24) is 15.0 Å². The molecule has 8 heteroatoms. The second kappa shape index (κ2) is 7.24. The summed E-state index contributed by atoms with van der Waals surface area (Å²) in [6.45, 7) is 0. The molecule has 0 bridgehead atoms. The fourth-order valence-electron chi connectivity index (χ4n) is 2.71. The molecule has 4 nitrogen and oxygen atoms in total. The van der Waals surface area contributed by atoms with Crippen LogP contribution in [-0.4, -0.2) is 15.0 Å². The molecular weight excluding hydrogens is 471 g/mol. The van der Waals surface area contributed by atoms with Crippen molar-refractivity contribution in [3.63, 3.8) is 0 Å². The summed E-state index contributed by atoms with van der Waals surface area (Å²) in [5.41, 5.74) is 9.35. The molecule has 0 aliphatic carbocycles. The van der Waals surface area contributed by atoms with Crippen LogP contribution in [0.5, 0.6) is 0 Å². The van der Waals surface area contributed by atoms with Crippen molar-refractivity contribution in [3.8, 4) is 22.5 Å². The third-order valence-corrected chi connectivity index (χ3v) is 5.49. The zero-order valence-electron chi connectivity index (χ0n) is 13.5. The van der Waals surface area contributed by atoms with Gasteiger partial charge in [0.1, 0.15) is 5.15 Å². The van der Waals surface area contributed by atoms with Crippen molar-refractivity contribution < 1.29 is 0 Å². The lowest BCUT2D eigenvalue weighted by molar-refractivity contribution is 1.19. The molecule has 0 aliphatic heterocycles. The first kappa shape index (κ1) is 18.4. The lowest BCUT2D eigenvalue weighted by atomic mass is 10.1. The monoisotopic (exact) mass is 478 g/mol. The van der Waals surface area contributed by atoms with E-state index >= 15 is 0 Å². The van der Waals surface area contributed by atoms with Crippen LogP contribution in [0.4, 0.5) is 5.95 Å². The Balaban J connectivity index is 1.89. The van der Waals surface area contributed by atoms with Gasteiger partial charge in [-0.25, -0.2) is 15.0 Å². The molecule has 0 saturated carbocycles. The first-order valence-electron chi connectivity index (χ1n) is 7.77. The number of benzene rings is 2. The van der Waals surface area contributed by atoms with Crippen molar-refractivity contribution in [3.05, 3.63) is 68.2 Å². The van der Waals surface area contributed by atoms with E-state index in [1.165, 1.54) is 0 Å². The number of hydrogen-bond acceptors (Lipinski definition) is 4. The molecule has 0 amide bonds. The molecule has 4 rings (SSSR count). The van der Waals surface area contributed by atoms with Gasteiger partial charge in [-0.2, -0.15) is 0 Å². The van der Waals surface area contributed by atoms with Gasteiger partial charge in [-0.3, -0.25) is 0 Å². The van der Waals surface area contributed by atoms with E-state index in [0.717, 1.165) is 20.9 Å². The van der Waals surface area contributed by atoms with Gasteiger partial charge >= 0.3 is 0 Å². The molecule has 0 atom stereocenters. The molecular formula is C19H10BrCl3N4. The lowest BCUT2D eigenvalue weighted by Crippen LogP contribution is -1.99. The summed E-state index contributed by atoms with van der Waals surface area (Å²) in [6, 6.07) is 14.7. The van der Waals surface area contributed by atoms with E-state index in [4.69, 9.17) is 40.5 Å². The number of nitrogens with zero attached hydrogens (tertiary/aromatic N) is 3. The number of nitrogens with two attached hydrogens (primary N) is 1. The largest absolute Gasteiger partial charge is 0.368 e. The van der Waals surface area contributed by atoms with Gasteiger partial charge in [0.05, 0.1) is 26.9 Å². The molecule has 0 aliphatic rings. The minimum Gasteiger partial charge on any atom is -0.368 e. The van der Waals surface area contributed by atoms with E-state index in [1.54, 1.807) is 18.2 Å². The fourth-order valence-corrected chi connectivity index (χ4v) is 3.63. The summed E-state index contributed by atoms with van der Waals surface area (Å²) in [4.78, 5) is 13.1. The molecule has 2 heterocycles. The Labute approximate surface area is 178 Å².